The monoisotopic (exact) mass is 705 g/mol. The highest BCUT2D eigenvalue weighted by molar-refractivity contribution is 9.10. The van der Waals surface area contributed by atoms with E-state index >= 15 is 0 Å². The maximum atomic E-state index is 14.6. The Morgan fingerprint density at radius 1 is 0.848 bits per heavy atom. The largest absolute Gasteiger partial charge is 0.494 e. The number of nitrogens with one attached hydrogen (secondary N) is 1. The van der Waals surface area contributed by atoms with Gasteiger partial charge in [0.25, 0.3) is 10.0 Å². The lowest BCUT2D eigenvalue weighted by atomic mass is 10.0. The summed E-state index contributed by atoms with van der Waals surface area (Å²) in [4.78, 5) is 30.0. The molecular formula is C36H40BrN3O5S. The van der Waals surface area contributed by atoms with Crippen molar-refractivity contribution in [3.05, 3.63) is 125 Å². The van der Waals surface area contributed by atoms with E-state index in [1.54, 1.807) is 42.5 Å². The third-order valence-corrected chi connectivity index (χ3v) is 9.84. The Kier molecular flexibility index (Phi) is 12.4. The smallest absolute Gasteiger partial charge is 0.264 e. The van der Waals surface area contributed by atoms with Crippen molar-refractivity contribution in [3.8, 4) is 5.75 Å². The molecule has 0 radical (unpaired) electrons. The molecule has 4 rings (SSSR count). The van der Waals surface area contributed by atoms with Crippen molar-refractivity contribution in [2.45, 2.75) is 57.1 Å². The minimum atomic E-state index is -4.18. The number of halogens is 1. The van der Waals surface area contributed by atoms with Gasteiger partial charge in [0.05, 0.1) is 17.2 Å². The van der Waals surface area contributed by atoms with E-state index in [2.05, 4.69) is 21.2 Å². The Morgan fingerprint density at radius 2 is 1.48 bits per heavy atom. The van der Waals surface area contributed by atoms with E-state index in [4.69, 9.17) is 4.74 Å². The number of ether oxygens (including phenoxy) is 1. The minimum Gasteiger partial charge on any atom is -0.494 e. The lowest BCUT2D eigenvalue weighted by Gasteiger charge is -2.34. The predicted molar refractivity (Wildman–Crippen MR) is 185 cm³/mol. The molecule has 2 amide bonds. The van der Waals surface area contributed by atoms with Crippen LogP contribution in [0.25, 0.3) is 0 Å². The van der Waals surface area contributed by atoms with Crippen LogP contribution < -0.4 is 14.4 Å². The summed E-state index contributed by atoms with van der Waals surface area (Å²) in [5, 5.41) is 3.05. The highest BCUT2D eigenvalue weighted by Gasteiger charge is 2.35. The van der Waals surface area contributed by atoms with Crippen LogP contribution in [0, 0.1) is 0 Å². The van der Waals surface area contributed by atoms with Gasteiger partial charge < -0.3 is 15.0 Å². The zero-order valence-electron chi connectivity index (χ0n) is 26.3. The van der Waals surface area contributed by atoms with Gasteiger partial charge in [0.15, 0.2) is 0 Å². The van der Waals surface area contributed by atoms with Crippen LogP contribution >= 0.6 is 15.9 Å². The van der Waals surface area contributed by atoms with Crippen LogP contribution in [0.4, 0.5) is 5.69 Å². The molecule has 0 bridgehead atoms. The number of amides is 2. The number of anilines is 1. The molecule has 0 fully saturated rings. The third kappa shape index (κ3) is 9.20. The highest BCUT2D eigenvalue weighted by Crippen LogP contribution is 2.27. The first-order valence-electron chi connectivity index (χ1n) is 15.3. The average Bonchev–Trinajstić information content (AvgIpc) is 3.06. The predicted octanol–water partition coefficient (Wildman–Crippen LogP) is 6.60. The molecule has 4 aromatic rings. The summed E-state index contributed by atoms with van der Waals surface area (Å²) in [5.41, 5.74) is 1.96. The van der Waals surface area contributed by atoms with E-state index in [9.17, 15) is 18.0 Å². The average molecular weight is 707 g/mol. The minimum absolute atomic E-state index is 0.0468. The Bertz CT molecular complexity index is 1690. The third-order valence-electron chi connectivity index (χ3n) is 7.56. The summed E-state index contributed by atoms with van der Waals surface area (Å²) in [5.74, 6) is -0.246. The number of benzene rings is 4. The first-order chi connectivity index (χ1) is 22.1. The van der Waals surface area contributed by atoms with Crippen LogP contribution in [0.1, 0.15) is 38.3 Å². The maximum absolute atomic E-state index is 14.6. The number of carbonyl (C=O) groups is 2. The van der Waals surface area contributed by atoms with Gasteiger partial charge in [-0.25, -0.2) is 8.42 Å². The van der Waals surface area contributed by atoms with Crippen molar-refractivity contribution >= 4 is 43.5 Å². The van der Waals surface area contributed by atoms with Gasteiger partial charge >= 0.3 is 0 Å². The van der Waals surface area contributed by atoms with Crippen molar-refractivity contribution in [2.75, 3.05) is 17.5 Å². The summed E-state index contributed by atoms with van der Waals surface area (Å²) in [6.07, 6.45) is 0.960. The van der Waals surface area contributed by atoms with Gasteiger partial charge in [-0.2, -0.15) is 0 Å². The quantitative estimate of drug-likeness (QED) is 0.150. The summed E-state index contributed by atoms with van der Waals surface area (Å²) in [6, 6.07) is 30.6. The van der Waals surface area contributed by atoms with Crippen molar-refractivity contribution < 1.29 is 22.7 Å². The molecule has 1 N–H and O–H groups in total. The molecule has 0 aliphatic heterocycles. The molecule has 8 nitrogen and oxygen atoms in total. The molecule has 0 aliphatic rings. The standard InChI is InChI=1S/C36H40BrN3O5S/c1-4-27(3)38-36(42)34(24-28-13-8-6-9-14-28)39(25-29-15-12-16-30(37)23-29)35(41)26-40(31-19-21-32(22-20-31)45-5-2)46(43,44)33-17-10-7-11-18-33/h6-23,27,34H,4-5,24-26H2,1-3H3,(H,38,42)/t27-,34-/m0/s1. The molecule has 0 spiro atoms. The topological polar surface area (TPSA) is 96.0 Å². The molecule has 242 valence electrons. The molecule has 0 saturated heterocycles. The molecule has 0 saturated carbocycles. The summed E-state index contributed by atoms with van der Waals surface area (Å²) in [7, 11) is -4.18. The normalized spacial score (nSPS) is 12.5. The maximum Gasteiger partial charge on any atom is 0.264 e. The van der Waals surface area contributed by atoms with Crippen molar-refractivity contribution in [1.29, 1.82) is 0 Å². The number of hydrogen-bond acceptors (Lipinski definition) is 5. The fourth-order valence-electron chi connectivity index (χ4n) is 4.95. The van der Waals surface area contributed by atoms with E-state index in [-0.39, 0.29) is 29.8 Å². The van der Waals surface area contributed by atoms with Gasteiger partial charge in [-0.1, -0.05) is 83.5 Å². The van der Waals surface area contributed by atoms with Crippen LogP contribution in [0.3, 0.4) is 0 Å². The number of nitrogens with zero attached hydrogens (tertiary/aromatic N) is 2. The summed E-state index contributed by atoms with van der Waals surface area (Å²) >= 11 is 3.51. The highest BCUT2D eigenvalue weighted by atomic mass is 79.9. The number of rotatable bonds is 15. The molecule has 0 aliphatic carbocycles. The molecule has 10 heteroatoms. The SMILES string of the molecule is CCOc1ccc(N(CC(=O)N(Cc2cccc(Br)c2)[C@@H](Cc2ccccc2)C(=O)N[C@@H](C)CC)S(=O)(=O)c2ccccc2)cc1. The van der Waals surface area contributed by atoms with E-state index in [0.29, 0.717) is 24.5 Å². The summed E-state index contributed by atoms with van der Waals surface area (Å²) < 4.78 is 35.7. The second kappa shape index (κ2) is 16.4. The fourth-order valence-corrected chi connectivity index (χ4v) is 6.83. The van der Waals surface area contributed by atoms with Gasteiger partial charge in [-0.05, 0) is 79.9 Å². The van der Waals surface area contributed by atoms with Crippen LogP contribution in [-0.4, -0.2) is 50.4 Å². The molecule has 0 unspecified atom stereocenters. The molecule has 46 heavy (non-hydrogen) atoms. The van der Waals surface area contributed by atoms with E-state index in [1.807, 2.05) is 75.4 Å². The Hall–Kier alpha value is -4.15. The zero-order valence-corrected chi connectivity index (χ0v) is 28.7. The first kappa shape index (κ1) is 34.7. The van der Waals surface area contributed by atoms with Gasteiger partial charge in [-0.3, -0.25) is 13.9 Å². The molecule has 0 aromatic heterocycles. The molecule has 4 aromatic carbocycles. The van der Waals surface area contributed by atoms with Gasteiger partial charge in [0.2, 0.25) is 11.8 Å². The van der Waals surface area contributed by atoms with E-state index < -0.39 is 28.5 Å². The molecule has 2 atom stereocenters. The number of hydrogen-bond donors (Lipinski definition) is 1. The second-order valence-electron chi connectivity index (χ2n) is 10.9. The van der Waals surface area contributed by atoms with Gasteiger partial charge in [-0.15, -0.1) is 0 Å². The molecule has 0 heterocycles. The Morgan fingerprint density at radius 3 is 2.09 bits per heavy atom. The first-order valence-corrected chi connectivity index (χ1v) is 17.5. The second-order valence-corrected chi connectivity index (χ2v) is 13.7. The Balaban J connectivity index is 1.80. The zero-order chi connectivity index (χ0) is 33.1. The number of carbonyl (C=O) groups excluding carboxylic acids is 2. The van der Waals surface area contributed by atoms with Crippen molar-refractivity contribution in [2.24, 2.45) is 0 Å². The van der Waals surface area contributed by atoms with Crippen LogP contribution in [-0.2, 0) is 32.6 Å². The lowest BCUT2D eigenvalue weighted by molar-refractivity contribution is -0.140. The summed E-state index contributed by atoms with van der Waals surface area (Å²) in [6.45, 7) is 5.77. The Labute approximate surface area is 280 Å². The van der Waals surface area contributed by atoms with E-state index in [0.717, 1.165) is 19.9 Å². The van der Waals surface area contributed by atoms with Crippen molar-refractivity contribution in [1.82, 2.24) is 10.2 Å². The van der Waals surface area contributed by atoms with Gasteiger partial charge in [0.1, 0.15) is 18.3 Å². The van der Waals surface area contributed by atoms with Crippen LogP contribution in [0.15, 0.2) is 119 Å². The fraction of sp³-hybridized carbons (Fsp3) is 0.278. The van der Waals surface area contributed by atoms with Crippen LogP contribution in [0.2, 0.25) is 0 Å². The molecular weight excluding hydrogens is 666 g/mol. The van der Waals surface area contributed by atoms with Gasteiger partial charge in [0, 0.05) is 23.5 Å². The van der Waals surface area contributed by atoms with E-state index in [1.165, 1.54) is 17.0 Å². The lowest BCUT2D eigenvalue weighted by Crippen LogP contribution is -2.54. The number of sulfonamides is 1. The van der Waals surface area contributed by atoms with Crippen LogP contribution in [0.5, 0.6) is 5.75 Å². The van der Waals surface area contributed by atoms with Crippen molar-refractivity contribution in [3.63, 3.8) is 0 Å².